The van der Waals surface area contributed by atoms with Crippen LogP contribution in [-0.2, 0) is 0 Å². The van der Waals surface area contributed by atoms with Crippen LogP contribution in [0, 0.1) is 12.7 Å². The molecular formula is C15H17FN2. The summed E-state index contributed by atoms with van der Waals surface area (Å²) in [4.78, 5) is 2.05. The quantitative estimate of drug-likeness (QED) is 0.830. The zero-order chi connectivity index (χ0) is 13.1. The van der Waals surface area contributed by atoms with Gasteiger partial charge in [-0.25, -0.2) is 4.39 Å². The molecule has 2 nitrogen and oxygen atoms in total. The standard InChI is InChI=1S/C15H17FN2/c1-3-18(13-7-4-6-12(16)10-13)15-9-5-8-14(17)11(15)2/h4-10H,3,17H2,1-2H3. The minimum atomic E-state index is -0.229. The lowest BCUT2D eigenvalue weighted by Crippen LogP contribution is -2.17. The van der Waals surface area contributed by atoms with E-state index in [1.807, 2.05) is 38.1 Å². The van der Waals surface area contributed by atoms with Crippen LogP contribution in [-0.4, -0.2) is 6.54 Å². The molecular weight excluding hydrogens is 227 g/mol. The number of hydrogen-bond donors (Lipinski definition) is 1. The van der Waals surface area contributed by atoms with Crippen molar-refractivity contribution in [3.63, 3.8) is 0 Å². The van der Waals surface area contributed by atoms with E-state index in [9.17, 15) is 4.39 Å². The third-order valence-electron chi connectivity index (χ3n) is 3.07. The van der Waals surface area contributed by atoms with E-state index in [0.29, 0.717) is 0 Å². The molecule has 2 aromatic rings. The summed E-state index contributed by atoms with van der Waals surface area (Å²) in [6.07, 6.45) is 0. The first-order chi connectivity index (χ1) is 8.63. The third-order valence-corrected chi connectivity index (χ3v) is 3.07. The maximum absolute atomic E-state index is 13.3. The first-order valence-electron chi connectivity index (χ1n) is 6.01. The Morgan fingerprint density at radius 3 is 2.56 bits per heavy atom. The molecule has 0 spiro atoms. The topological polar surface area (TPSA) is 29.3 Å². The highest BCUT2D eigenvalue weighted by Crippen LogP contribution is 2.30. The van der Waals surface area contributed by atoms with Crippen LogP contribution in [0.25, 0.3) is 0 Å². The van der Waals surface area contributed by atoms with E-state index in [4.69, 9.17) is 5.73 Å². The third kappa shape index (κ3) is 2.30. The van der Waals surface area contributed by atoms with Crippen molar-refractivity contribution in [3.05, 3.63) is 53.8 Å². The number of nitrogen functional groups attached to an aromatic ring is 1. The highest BCUT2D eigenvalue weighted by molar-refractivity contribution is 5.71. The van der Waals surface area contributed by atoms with Crippen molar-refractivity contribution in [2.24, 2.45) is 0 Å². The highest BCUT2D eigenvalue weighted by Gasteiger charge is 2.11. The lowest BCUT2D eigenvalue weighted by Gasteiger charge is -2.25. The van der Waals surface area contributed by atoms with Gasteiger partial charge in [0.15, 0.2) is 0 Å². The normalized spacial score (nSPS) is 10.4. The number of hydrogen-bond acceptors (Lipinski definition) is 2. The van der Waals surface area contributed by atoms with Gasteiger partial charge < -0.3 is 10.6 Å². The number of nitrogens with two attached hydrogens (primary N) is 1. The van der Waals surface area contributed by atoms with Crippen molar-refractivity contribution in [1.29, 1.82) is 0 Å². The molecule has 0 bridgehead atoms. The van der Waals surface area contributed by atoms with E-state index >= 15 is 0 Å². The van der Waals surface area contributed by atoms with Gasteiger partial charge in [-0.1, -0.05) is 12.1 Å². The number of anilines is 3. The monoisotopic (exact) mass is 244 g/mol. The van der Waals surface area contributed by atoms with Crippen molar-refractivity contribution >= 4 is 17.1 Å². The Kier molecular flexibility index (Phi) is 3.51. The van der Waals surface area contributed by atoms with Gasteiger partial charge in [-0.2, -0.15) is 0 Å². The predicted octanol–water partition coefficient (Wildman–Crippen LogP) is 3.87. The second kappa shape index (κ2) is 5.08. The molecule has 3 heteroatoms. The van der Waals surface area contributed by atoms with Crippen LogP contribution in [0.3, 0.4) is 0 Å². The molecule has 2 rings (SSSR count). The second-order valence-corrected chi connectivity index (χ2v) is 4.22. The summed E-state index contributed by atoms with van der Waals surface area (Å²) < 4.78 is 13.3. The maximum atomic E-state index is 13.3. The van der Waals surface area contributed by atoms with Gasteiger partial charge in [0, 0.05) is 23.6 Å². The maximum Gasteiger partial charge on any atom is 0.125 e. The average molecular weight is 244 g/mol. The fourth-order valence-corrected chi connectivity index (χ4v) is 2.07. The molecule has 0 aromatic heterocycles. The Balaban J connectivity index is 2.49. The lowest BCUT2D eigenvalue weighted by atomic mass is 10.1. The number of halogens is 1. The van der Waals surface area contributed by atoms with E-state index in [1.54, 1.807) is 6.07 Å². The van der Waals surface area contributed by atoms with Gasteiger partial charge in [0.2, 0.25) is 0 Å². The van der Waals surface area contributed by atoms with Crippen LogP contribution in [0.4, 0.5) is 21.5 Å². The van der Waals surface area contributed by atoms with Crippen molar-refractivity contribution in [3.8, 4) is 0 Å². The summed E-state index contributed by atoms with van der Waals surface area (Å²) in [6.45, 7) is 4.77. The molecule has 0 saturated carbocycles. The van der Waals surface area contributed by atoms with E-state index in [1.165, 1.54) is 12.1 Å². The SMILES string of the molecule is CCN(c1cccc(F)c1)c1cccc(N)c1C. The summed E-state index contributed by atoms with van der Waals surface area (Å²) in [5.41, 5.74) is 9.55. The summed E-state index contributed by atoms with van der Waals surface area (Å²) >= 11 is 0. The molecule has 0 atom stereocenters. The van der Waals surface area contributed by atoms with Gasteiger partial charge in [-0.3, -0.25) is 0 Å². The van der Waals surface area contributed by atoms with Crippen LogP contribution in [0.5, 0.6) is 0 Å². The molecule has 94 valence electrons. The number of benzene rings is 2. The Hall–Kier alpha value is -2.03. The molecule has 0 aliphatic carbocycles. The molecule has 0 saturated heterocycles. The van der Waals surface area contributed by atoms with Crippen molar-refractivity contribution in [2.75, 3.05) is 17.2 Å². The molecule has 18 heavy (non-hydrogen) atoms. The minimum Gasteiger partial charge on any atom is -0.398 e. The number of nitrogens with zero attached hydrogens (tertiary/aromatic N) is 1. The smallest absolute Gasteiger partial charge is 0.125 e. The van der Waals surface area contributed by atoms with Crippen molar-refractivity contribution < 1.29 is 4.39 Å². The van der Waals surface area contributed by atoms with Gasteiger partial charge in [0.25, 0.3) is 0 Å². The Morgan fingerprint density at radius 1 is 1.17 bits per heavy atom. The molecule has 0 unspecified atom stereocenters. The van der Waals surface area contributed by atoms with Crippen molar-refractivity contribution in [2.45, 2.75) is 13.8 Å². The zero-order valence-corrected chi connectivity index (χ0v) is 10.7. The van der Waals surface area contributed by atoms with E-state index < -0.39 is 0 Å². The molecule has 0 aliphatic heterocycles. The van der Waals surface area contributed by atoms with E-state index in [2.05, 4.69) is 4.90 Å². The average Bonchev–Trinajstić information content (AvgIpc) is 2.35. The van der Waals surface area contributed by atoms with Crippen LogP contribution in [0.2, 0.25) is 0 Å². The van der Waals surface area contributed by atoms with Crippen LogP contribution in [0.1, 0.15) is 12.5 Å². The largest absolute Gasteiger partial charge is 0.398 e. The Morgan fingerprint density at radius 2 is 1.89 bits per heavy atom. The number of rotatable bonds is 3. The molecule has 0 heterocycles. The Bertz CT molecular complexity index is 552. The van der Waals surface area contributed by atoms with Crippen LogP contribution < -0.4 is 10.6 Å². The summed E-state index contributed by atoms with van der Waals surface area (Å²) in [6, 6.07) is 12.4. The van der Waals surface area contributed by atoms with Gasteiger partial charge in [-0.05, 0) is 49.7 Å². The van der Waals surface area contributed by atoms with Crippen molar-refractivity contribution in [1.82, 2.24) is 0 Å². The minimum absolute atomic E-state index is 0.229. The summed E-state index contributed by atoms with van der Waals surface area (Å²) in [7, 11) is 0. The molecule has 2 aromatic carbocycles. The zero-order valence-electron chi connectivity index (χ0n) is 10.7. The molecule has 0 radical (unpaired) electrons. The highest BCUT2D eigenvalue weighted by atomic mass is 19.1. The van der Waals surface area contributed by atoms with Crippen LogP contribution >= 0.6 is 0 Å². The fraction of sp³-hybridized carbons (Fsp3) is 0.200. The van der Waals surface area contributed by atoms with E-state index in [-0.39, 0.29) is 5.82 Å². The van der Waals surface area contributed by atoms with Gasteiger partial charge in [0.1, 0.15) is 5.82 Å². The van der Waals surface area contributed by atoms with Gasteiger partial charge >= 0.3 is 0 Å². The molecule has 0 aliphatic rings. The molecule has 0 amide bonds. The van der Waals surface area contributed by atoms with Gasteiger partial charge in [-0.15, -0.1) is 0 Å². The molecule has 2 N–H and O–H groups in total. The summed E-state index contributed by atoms with van der Waals surface area (Å²) in [5.74, 6) is -0.229. The fourth-order valence-electron chi connectivity index (χ4n) is 2.07. The second-order valence-electron chi connectivity index (χ2n) is 4.22. The summed E-state index contributed by atoms with van der Waals surface area (Å²) in [5, 5.41) is 0. The van der Waals surface area contributed by atoms with E-state index in [0.717, 1.165) is 29.2 Å². The lowest BCUT2D eigenvalue weighted by molar-refractivity contribution is 0.627. The Labute approximate surface area is 107 Å². The first-order valence-corrected chi connectivity index (χ1v) is 6.01. The van der Waals surface area contributed by atoms with Gasteiger partial charge in [0.05, 0.1) is 0 Å². The van der Waals surface area contributed by atoms with Crippen LogP contribution in [0.15, 0.2) is 42.5 Å². The molecule has 0 fully saturated rings. The first kappa shape index (κ1) is 12.4. The predicted molar refractivity (Wildman–Crippen MR) is 74.7 cm³/mol.